The van der Waals surface area contributed by atoms with E-state index in [0.29, 0.717) is 18.0 Å². The molecule has 0 aliphatic rings. The third kappa shape index (κ3) is 5.99. The second kappa shape index (κ2) is 7.51. The summed E-state index contributed by atoms with van der Waals surface area (Å²) in [7, 11) is 0. The van der Waals surface area contributed by atoms with Crippen LogP contribution < -0.4 is 5.32 Å². The molecule has 1 aromatic rings. The van der Waals surface area contributed by atoms with Crippen molar-refractivity contribution in [3.63, 3.8) is 0 Å². The standard InChI is InChI=1S/C14H20N2O3/c1-10(2)6-7-15-13(17)9-19-14(18)12-5-4-11(3)16-8-12/h4-5,8,10H,6-7,9H2,1-3H3,(H,15,17). The lowest BCUT2D eigenvalue weighted by Crippen LogP contribution is -2.30. The second-order valence-corrected chi connectivity index (χ2v) is 4.80. The molecule has 0 fully saturated rings. The Balaban J connectivity index is 2.30. The van der Waals surface area contributed by atoms with Gasteiger partial charge in [0.1, 0.15) is 0 Å². The monoisotopic (exact) mass is 264 g/mol. The molecule has 0 saturated heterocycles. The van der Waals surface area contributed by atoms with Crippen molar-refractivity contribution < 1.29 is 14.3 Å². The average Bonchev–Trinajstić information content (AvgIpc) is 2.36. The molecule has 1 aromatic heterocycles. The smallest absolute Gasteiger partial charge is 0.340 e. The Hall–Kier alpha value is -1.91. The number of nitrogens with zero attached hydrogens (tertiary/aromatic N) is 1. The third-order valence-corrected chi connectivity index (χ3v) is 2.53. The van der Waals surface area contributed by atoms with E-state index in [-0.39, 0.29) is 12.5 Å². The van der Waals surface area contributed by atoms with E-state index in [1.807, 2.05) is 6.92 Å². The van der Waals surface area contributed by atoms with Gasteiger partial charge in [-0.2, -0.15) is 0 Å². The molecule has 104 valence electrons. The summed E-state index contributed by atoms with van der Waals surface area (Å²) in [6.07, 6.45) is 2.34. The van der Waals surface area contributed by atoms with Gasteiger partial charge in [-0.05, 0) is 31.4 Å². The first-order valence-corrected chi connectivity index (χ1v) is 6.35. The largest absolute Gasteiger partial charge is 0.452 e. The van der Waals surface area contributed by atoms with Crippen molar-refractivity contribution in [1.82, 2.24) is 10.3 Å². The lowest BCUT2D eigenvalue weighted by atomic mass is 10.1. The lowest BCUT2D eigenvalue weighted by Gasteiger charge is -2.08. The molecular weight excluding hydrogens is 244 g/mol. The Kier molecular flexibility index (Phi) is 5.99. The molecule has 0 atom stereocenters. The maximum absolute atomic E-state index is 11.6. The van der Waals surface area contributed by atoms with Crippen LogP contribution in [0.25, 0.3) is 0 Å². The van der Waals surface area contributed by atoms with Crippen molar-refractivity contribution in [1.29, 1.82) is 0 Å². The number of ether oxygens (including phenoxy) is 1. The fourth-order valence-electron chi connectivity index (χ4n) is 1.35. The number of carbonyl (C=O) groups is 2. The van der Waals surface area contributed by atoms with Gasteiger partial charge in [0, 0.05) is 18.4 Å². The van der Waals surface area contributed by atoms with Crippen molar-refractivity contribution >= 4 is 11.9 Å². The van der Waals surface area contributed by atoms with Crippen LogP contribution in [0.15, 0.2) is 18.3 Å². The topological polar surface area (TPSA) is 68.3 Å². The maximum atomic E-state index is 11.6. The van der Waals surface area contributed by atoms with Gasteiger partial charge in [-0.3, -0.25) is 9.78 Å². The fourth-order valence-corrected chi connectivity index (χ4v) is 1.35. The molecule has 0 bridgehead atoms. The molecule has 1 amide bonds. The lowest BCUT2D eigenvalue weighted by molar-refractivity contribution is -0.124. The minimum atomic E-state index is -0.536. The summed E-state index contributed by atoms with van der Waals surface area (Å²) in [5, 5.41) is 2.70. The van der Waals surface area contributed by atoms with Crippen LogP contribution in [0.5, 0.6) is 0 Å². The molecule has 19 heavy (non-hydrogen) atoms. The van der Waals surface area contributed by atoms with Gasteiger partial charge in [0.15, 0.2) is 6.61 Å². The molecule has 5 heteroatoms. The molecule has 1 heterocycles. The van der Waals surface area contributed by atoms with E-state index in [0.717, 1.165) is 12.1 Å². The van der Waals surface area contributed by atoms with E-state index >= 15 is 0 Å². The zero-order valence-corrected chi connectivity index (χ0v) is 11.6. The number of pyridine rings is 1. The second-order valence-electron chi connectivity index (χ2n) is 4.80. The molecule has 1 N–H and O–H groups in total. The number of hydrogen-bond donors (Lipinski definition) is 1. The van der Waals surface area contributed by atoms with Crippen LogP contribution in [0.1, 0.15) is 36.3 Å². The zero-order valence-electron chi connectivity index (χ0n) is 11.6. The minimum Gasteiger partial charge on any atom is -0.452 e. The molecule has 0 radical (unpaired) electrons. The van der Waals surface area contributed by atoms with E-state index in [1.54, 1.807) is 12.1 Å². The van der Waals surface area contributed by atoms with E-state index in [9.17, 15) is 9.59 Å². The van der Waals surface area contributed by atoms with E-state index in [2.05, 4.69) is 24.1 Å². The minimum absolute atomic E-state index is 0.259. The highest BCUT2D eigenvalue weighted by molar-refractivity contribution is 5.90. The van der Waals surface area contributed by atoms with E-state index in [1.165, 1.54) is 6.20 Å². The number of carbonyl (C=O) groups excluding carboxylic acids is 2. The molecule has 0 aromatic carbocycles. The SMILES string of the molecule is Cc1ccc(C(=O)OCC(=O)NCCC(C)C)cn1. The average molecular weight is 264 g/mol. The van der Waals surface area contributed by atoms with Crippen LogP contribution in [-0.4, -0.2) is 30.0 Å². The molecular formula is C14H20N2O3. The molecule has 0 saturated carbocycles. The van der Waals surface area contributed by atoms with Crippen LogP contribution in [0, 0.1) is 12.8 Å². The van der Waals surface area contributed by atoms with E-state index < -0.39 is 5.97 Å². The fraction of sp³-hybridized carbons (Fsp3) is 0.500. The van der Waals surface area contributed by atoms with Crippen LogP contribution in [0.2, 0.25) is 0 Å². The third-order valence-electron chi connectivity index (χ3n) is 2.53. The quantitative estimate of drug-likeness (QED) is 0.794. The predicted molar refractivity (Wildman–Crippen MR) is 71.7 cm³/mol. The molecule has 1 rings (SSSR count). The Morgan fingerprint density at radius 2 is 2.11 bits per heavy atom. The Bertz CT molecular complexity index is 427. The first-order valence-electron chi connectivity index (χ1n) is 6.35. The predicted octanol–water partition coefficient (Wildman–Crippen LogP) is 1.71. The van der Waals surface area contributed by atoms with Crippen molar-refractivity contribution in [3.8, 4) is 0 Å². The van der Waals surface area contributed by atoms with Gasteiger partial charge in [0.05, 0.1) is 5.56 Å². The Morgan fingerprint density at radius 3 is 2.68 bits per heavy atom. The van der Waals surface area contributed by atoms with E-state index in [4.69, 9.17) is 4.74 Å². The Labute approximate surface area is 113 Å². The summed E-state index contributed by atoms with van der Waals surface area (Å²) in [5.41, 5.74) is 1.17. The van der Waals surface area contributed by atoms with Crippen molar-refractivity contribution in [2.45, 2.75) is 27.2 Å². The van der Waals surface area contributed by atoms with Gasteiger partial charge in [-0.25, -0.2) is 4.79 Å². The highest BCUT2D eigenvalue weighted by Gasteiger charge is 2.10. The molecule has 0 spiro atoms. The molecule has 0 aliphatic heterocycles. The number of rotatable bonds is 6. The number of aryl methyl sites for hydroxylation is 1. The Morgan fingerprint density at radius 1 is 1.37 bits per heavy atom. The first-order chi connectivity index (χ1) is 8.99. The summed E-state index contributed by atoms with van der Waals surface area (Å²) >= 11 is 0. The summed E-state index contributed by atoms with van der Waals surface area (Å²) in [5.74, 6) is -0.290. The summed E-state index contributed by atoms with van der Waals surface area (Å²) in [4.78, 5) is 27.0. The number of nitrogens with one attached hydrogen (secondary N) is 1. The number of esters is 1. The number of hydrogen-bond acceptors (Lipinski definition) is 4. The van der Waals surface area contributed by atoms with Crippen LogP contribution in [0.3, 0.4) is 0 Å². The normalized spacial score (nSPS) is 10.3. The van der Waals surface area contributed by atoms with Gasteiger partial charge < -0.3 is 10.1 Å². The first kappa shape index (κ1) is 15.1. The number of aromatic nitrogens is 1. The molecule has 0 aliphatic carbocycles. The highest BCUT2D eigenvalue weighted by Crippen LogP contribution is 2.01. The maximum Gasteiger partial charge on any atom is 0.340 e. The van der Waals surface area contributed by atoms with Gasteiger partial charge >= 0.3 is 5.97 Å². The summed E-state index contributed by atoms with van der Waals surface area (Å²) < 4.78 is 4.90. The van der Waals surface area contributed by atoms with Crippen molar-refractivity contribution in [2.75, 3.05) is 13.2 Å². The van der Waals surface area contributed by atoms with Gasteiger partial charge in [-0.1, -0.05) is 13.8 Å². The molecule has 5 nitrogen and oxygen atoms in total. The van der Waals surface area contributed by atoms with Crippen LogP contribution in [-0.2, 0) is 9.53 Å². The van der Waals surface area contributed by atoms with Crippen LogP contribution >= 0.6 is 0 Å². The highest BCUT2D eigenvalue weighted by atomic mass is 16.5. The van der Waals surface area contributed by atoms with Gasteiger partial charge in [-0.15, -0.1) is 0 Å². The number of amides is 1. The summed E-state index contributed by atoms with van der Waals surface area (Å²) in [6.45, 7) is 6.33. The van der Waals surface area contributed by atoms with Crippen LogP contribution in [0.4, 0.5) is 0 Å². The van der Waals surface area contributed by atoms with Gasteiger partial charge in [0.25, 0.3) is 5.91 Å². The van der Waals surface area contributed by atoms with Gasteiger partial charge in [0.2, 0.25) is 0 Å². The van der Waals surface area contributed by atoms with Crippen molar-refractivity contribution in [3.05, 3.63) is 29.6 Å². The van der Waals surface area contributed by atoms with Crippen molar-refractivity contribution in [2.24, 2.45) is 5.92 Å². The zero-order chi connectivity index (χ0) is 14.3. The summed E-state index contributed by atoms with van der Waals surface area (Å²) in [6, 6.07) is 3.35. The molecule has 0 unspecified atom stereocenters.